The fourth-order valence-corrected chi connectivity index (χ4v) is 3.15. The number of benzene rings is 2. The SMILES string of the molecule is CN=C(NCc1ccc(C)cc1OCCOC)NC1CC1c1ccccc1.I. The zero-order valence-electron chi connectivity index (χ0n) is 16.8. The van der Waals surface area contributed by atoms with Crippen molar-refractivity contribution in [2.45, 2.75) is 31.8 Å². The lowest BCUT2D eigenvalue weighted by atomic mass is 10.1. The minimum Gasteiger partial charge on any atom is -0.491 e. The van der Waals surface area contributed by atoms with E-state index in [-0.39, 0.29) is 24.0 Å². The first-order valence-corrected chi connectivity index (χ1v) is 9.44. The first kappa shape index (κ1) is 22.5. The second-order valence-electron chi connectivity index (χ2n) is 6.88. The number of hydrogen-bond acceptors (Lipinski definition) is 3. The van der Waals surface area contributed by atoms with E-state index in [0.717, 1.165) is 23.7 Å². The molecule has 2 aromatic carbocycles. The Bertz CT molecular complexity index is 768. The van der Waals surface area contributed by atoms with E-state index >= 15 is 0 Å². The van der Waals surface area contributed by atoms with Gasteiger partial charge in [-0.1, -0.05) is 42.5 Å². The predicted molar refractivity (Wildman–Crippen MR) is 125 cm³/mol. The lowest BCUT2D eigenvalue weighted by molar-refractivity contribution is 0.145. The van der Waals surface area contributed by atoms with Gasteiger partial charge >= 0.3 is 0 Å². The second kappa shape index (κ2) is 11.3. The largest absolute Gasteiger partial charge is 0.491 e. The van der Waals surface area contributed by atoms with Gasteiger partial charge in [0.05, 0.1) is 6.61 Å². The summed E-state index contributed by atoms with van der Waals surface area (Å²) in [4.78, 5) is 4.37. The highest BCUT2D eigenvalue weighted by Gasteiger charge is 2.38. The first-order chi connectivity index (χ1) is 13.2. The van der Waals surface area contributed by atoms with Gasteiger partial charge in [0.15, 0.2) is 5.96 Å². The number of hydrogen-bond donors (Lipinski definition) is 2. The molecule has 0 aliphatic heterocycles. The third-order valence-corrected chi connectivity index (χ3v) is 4.78. The van der Waals surface area contributed by atoms with Crippen LogP contribution in [0, 0.1) is 6.92 Å². The summed E-state index contributed by atoms with van der Waals surface area (Å²) in [5.74, 6) is 2.28. The maximum atomic E-state index is 5.87. The molecular weight excluding hydrogens is 465 g/mol. The van der Waals surface area contributed by atoms with Crippen LogP contribution in [0.4, 0.5) is 0 Å². The monoisotopic (exact) mass is 495 g/mol. The van der Waals surface area contributed by atoms with Crippen molar-refractivity contribution in [1.82, 2.24) is 10.6 Å². The average molecular weight is 495 g/mol. The summed E-state index contributed by atoms with van der Waals surface area (Å²) < 4.78 is 10.9. The minimum absolute atomic E-state index is 0. The molecule has 0 heterocycles. The van der Waals surface area contributed by atoms with Gasteiger partial charge in [-0.2, -0.15) is 0 Å². The molecule has 1 aliphatic rings. The van der Waals surface area contributed by atoms with Gasteiger partial charge in [-0.15, -0.1) is 24.0 Å². The zero-order chi connectivity index (χ0) is 19.1. The molecule has 0 aromatic heterocycles. The molecule has 28 heavy (non-hydrogen) atoms. The van der Waals surface area contributed by atoms with Crippen LogP contribution in [0.2, 0.25) is 0 Å². The summed E-state index contributed by atoms with van der Waals surface area (Å²) >= 11 is 0. The van der Waals surface area contributed by atoms with Crippen molar-refractivity contribution in [2.75, 3.05) is 27.4 Å². The number of nitrogens with one attached hydrogen (secondary N) is 2. The third kappa shape index (κ3) is 6.38. The van der Waals surface area contributed by atoms with E-state index in [0.29, 0.717) is 31.7 Å². The van der Waals surface area contributed by atoms with Gasteiger partial charge in [0.2, 0.25) is 0 Å². The number of nitrogens with zero attached hydrogens (tertiary/aromatic N) is 1. The van der Waals surface area contributed by atoms with Gasteiger partial charge in [-0.3, -0.25) is 4.99 Å². The van der Waals surface area contributed by atoms with Crippen LogP contribution in [0.15, 0.2) is 53.5 Å². The molecule has 2 aromatic rings. The van der Waals surface area contributed by atoms with Crippen LogP contribution in [-0.4, -0.2) is 39.4 Å². The van der Waals surface area contributed by atoms with Gasteiger partial charge < -0.3 is 20.1 Å². The molecule has 0 spiro atoms. The summed E-state index contributed by atoms with van der Waals surface area (Å²) in [5.41, 5.74) is 3.67. The quantitative estimate of drug-likeness (QED) is 0.253. The van der Waals surface area contributed by atoms with E-state index in [1.54, 1.807) is 14.2 Å². The van der Waals surface area contributed by atoms with Crippen molar-refractivity contribution in [2.24, 2.45) is 4.99 Å². The summed E-state index contributed by atoms with van der Waals surface area (Å²) in [6.45, 7) is 3.84. The molecule has 5 nitrogen and oxygen atoms in total. The van der Waals surface area contributed by atoms with Crippen molar-refractivity contribution >= 4 is 29.9 Å². The standard InChI is InChI=1S/C22H29N3O2.HI/c1-16-9-10-18(21(13-16)27-12-11-26-3)15-24-22(23-2)25-20-14-19(20)17-7-5-4-6-8-17;/h4-10,13,19-20H,11-12,14-15H2,1-3H3,(H2,23,24,25);1H. The highest BCUT2D eigenvalue weighted by molar-refractivity contribution is 14.0. The van der Waals surface area contributed by atoms with E-state index in [1.807, 2.05) is 0 Å². The molecule has 0 saturated heterocycles. The number of aryl methyl sites for hydroxylation is 1. The highest BCUT2D eigenvalue weighted by atomic mass is 127. The first-order valence-electron chi connectivity index (χ1n) is 9.44. The van der Waals surface area contributed by atoms with Gasteiger partial charge in [-0.25, -0.2) is 0 Å². The maximum absolute atomic E-state index is 5.87. The zero-order valence-corrected chi connectivity index (χ0v) is 19.1. The van der Waals surface area contributed by atoms with E-state index in [4.69, 9.17) is 9.47 Å². The Morgan fingerprint density at radius 2 is 1.93 bits per heavy atom. The fourth-order valence-electron chi connectivity index (χ4n) is 3.15. The number of methoxy groups -OCH3 is 1. The Morgan fingerprint density at radius 3 is 2.64 bits per heavy atom. The van der Waals surface area contributed by atoms with Crippen molar-refractivity contribution in [3.05, 3.63) is 65.2 Å². The average Bonchev–Trinajstić information content (AvgIpc) is 3.46. The topological polar surface area (TPSA) is 54.9 Å². The van der Waals surface area contributed by atoms with Gasteiger partial charge in [0.1, 0.15) is 12.4 Å². The summed E-state index contributed by atoms with van der Waals surface area (Å²) in [5, 5.41) is 6.93. The molecule has 3 rings (SSSR count). The van der Waals surface area contributed by atoms with E-state index in [2.05, 4.69) is 71.1 Å². The Morgan fingerprint density at radius 1 is 1.14 bits per heavy atom. The number of ether oxygens (including phenoxy) is 2. The lowest BCUT2D eigenvalue weighted by Gasteiger charge is -2.15. The van der Waals surface area contributed by atoms with Gasteiger partial charge in [-0.05, 0) is 30.5 Å². The number of aliphatic imine (C=N–C) groups is 1. The Kier molecular flexibility index (Phi) is 9.05. The van der Waals surface area contributed by atoms with Crippen molar-refractivity contribution in [1.29, 1.82) is 0 Å². The molecular formula is C22H30IN3O2. The maximum Gasteiger partial charge on any atom is 0.191 e. The summed E-state index contributed by atoms with van der Waals surface area (Å²) in [6, 6.07) is 17.3. The molecule has 1 saturated carbocycles. The van der Waals surface area contributed by atoms with Crippen molar-refractivity contribution in [3.63, 3.8) is 0 Å². The van der Waals surface area contributed by atoms with Crippen LogP contribution in [0.1, 0.15) is 29.0 Å². The number of rotatable bonds is 8. The number of guanidine groups is 1. The molecule has 1 aliphatic carbocycles. The van der Waals surface area contributed by atoms with Crippen molar-refractivity contribution < 1.29 is 9.47 Å². The Hall–Kier alpha value is -1.80. The highest BCUT2D eigenvalue weighted by Crippen LogP contribution is 2.40. The second-order valence-corrected chi connectivity index (χ2v) is 6.88. The molecule has 0 amide bonds. The predicted octanol–water partition coefficient (Wildman–Crippen LogP) is 3.86. The summed E-state index contributed by atoms with van der Waals surface area (Å²) in [7, 11) is 3.48. The van der Waals surface area contributed by atoms with Crippen LogP contribution in [0.25, 0.3) is 0 Å². The van der Waals surface area contributed by atoms with E-state index < -0.39 is 0 Å². The molecule has 6 heteroatoms. The molecule has 0 bridgehead atoms. The van der Waals surface area contributed by atoms with Crippen molar-refractivity contribution in [3.8, 4) is 5.75 Å². The summed E-state index contributed by atoms with van der Waals surface area (Å²) in [6.07, 6.45) is 1.14. The van der Waals surface area contributed by atoms with E-state index in [1.165, 1.54) is 11.1 Å². The third-order valence-electron chi connectivity index (χ3n) is 4.78. The van der Waals surface area contributed by atoms with Crippen LogP contribution in [0.5, 0.6) is 5.75 Å². The number of halogens is 1. The molecule has 152 valence electrons. The smallest absolute Gasteiger partial charge is 0.191 e. The van der Waals surface area contributed by atoms with Crippen LogP contribution in [-0.2, 0) is 11.3 Å². The molecule has 2 N–H and O–H groups in total. The molecule has 0 radical (unpaired) electrons. The van der Waals surface area contributed by atoms with Gasteiger partial charge in [0, 0.05) is 38.2 Å². The Balaban J connectivity index is 0.00000280. The van der Waals surface area contributed by atoms with Crippen LogP contribution < -0.4 is 15.4 Å². The molecule has 2 unspecified atom stereocenters. The van der Waals surface area contributed by atoms with Crippen LogP contribution in [0.3, 0.4) is 0 Å². The normalized spacial score (nSPS) is 18.2. The van der Waals surface area contributed by atoms with E-state index in [9.17, 15) is 0 Å². The molecule has 1 fully saturated rings. The fraction of sp³-hybridized carbons (Fsp3) is 0.409. The van der Waals surface area contributed by atoms with Crippen LogP contribution >= 0.6 is 24.0 Å². The van der Waals surface area contributed by atoms with Gasteiger partial charge in [0.25, 0.3) is 0 Å². The molecule has 2 atom stereocenters. The minimum atomic E-state index is 0. The lowest BCUT2D eigenvalue weighted by Crippen LogP contribution is -2.38. The Labute approximate surface area is 184 Å².